The third-order valence-corrected chi connectivity index (χ3v) is 3.86. The van der Waals surface area contributed by atoms with E-state index in [1.165, 1.54) is 0 Å². The number of aromatic nitrogens is 3. The fraction of sp³-hybridized carbons (Fsp3) is 0.824. The largest absolute Gasteiger partial charge is 0.357 e. The fourth-order valence-corrected chi connectivity index (χ4v) is 2.82. The molecule has 0 amide bonds. The van der Waals surface area contributed by atoms with Crippen LogP contribution in [0, 0.1) is 5.92 Å². The SMILES string of the molecule is CCNC(=NCCCc1nnc(SC)n1CC(C)C)NC(C)(C)C. The van der Waals surface area contributed by atoms with Crippen LogP contribution in [0.2, 0.25) is 0 Å². The second-order valence-corrected chi connectivity index (χ2v) is 8.12. The lowest BCUT2D eigenvalue weighted by molar-refractivity contribution is 0.477. The molecule has 0 aromatic carbocycles. The number of hydrogen-bond donors (Lipinski definition) is 2. The zero-order valence-electron chi connectivity index (χ0n) is 16.3. The van der Waals surface area contributed by atoms with E-state index in [-0.39, 0.29) is 5.54 Å². The number of guanidine groups is 1. The van der Waals surface area contributed by atoms with E-state index in [9.17, 15) is 0 Å². The Bertz CT molecular complexity index is 516. The van der Waals surface area contributed by atoms with Crippen LogP contribution in [0.25, 0.3) is 0 Å². The zero-order chi connectivity index (χ0) is 18.2. The Kier molecular flexibility index (Phi) is 8.59. The molecule has 6 nitrogen and oxygen atoms in total. The molecule has 0 aliphatic heterocycles. The highest BCUT2D eigenvalue weighted by atomic mass is 32.2. The van der Waals surface area contributed by atoms with E-state index >= 15 is 0 Å². The van der Waals surface area contributed by atoms with Crippen LogP contribution >= 0.6 is 11.8 Å². The van der Waals surface area contributed by atoms with Crippen molar-refractivity contribution in [3.8, 4) is 0 Å². The van der Waals surface area contributed by atoms with E-state index in [0.717, 1.165) is 49.4 Å². The van der Waals surface area contributed by atoms with Crippen molar-refractivity contribution in [2.45, 2.75) is 71.6 Å². The monoisotopic (exact) mass is 354 g/mol. The van der Waals surface area contributed by atoms with Gasteiger partial charge in [0.05, 0.1) is 0 Å². The summed E-state index contributed by atoms with van der Waals surface area (Å²) in [4.78, 5) is 4.66. The fourth-order valence-electron chi connectivity index (χ4n) is 2.29. The molecule has 1 heterocycles. The van der Waals surface area contributed by atoms with Crippen molar-refractivity contribution < 1.29 is 0 Å². The Balaban J connectivity index is 2.62. The van der Waals surface area contributed by atoms with Crippen molar-refractivity contribution >= 4 is 17.7 Å². The number of nitrogens with zero attached hydrogens (tertiary/aromatic N) is 4. The number of aryl methyl sites for hydroxylation is 1. The van der Waals surface area contributed by atoms with Gasteiger partial charge in [-0.2, -0.15) is 0 Å². The summed E-state index contributed by atoms with van der Waals surface area (Å²) in [5.41, 5.74) is 0.00565. The Morgan fingerprint density at radius 3 is 2.54 bits per heavy atom. The summed E-state index contributed by atoms with van der Waals surface area (Å²) in [5.74, 6) is 2.52. The van der Waals surface area contributed by atoms with E-state index in [1.807, 2.05) is 0 Å². The lowest BCUT2D eigenvalue weighted by Gasteiger charge is -2.23. The molecule has 0 saturated heterocycles. The van der Waals surface area contributed by atoms with Gasteiger partial charge in [-0.25, -0.2) is 0 Å². The van der Waals surface area contributed by atoms with E-state index in [0.29, 0.717) is 5.92 Å². The minimum atomic E-state index is 0.00565. The van der Waals surface area contributed by atoms with E-state index in [2.05, 4.69) is 78.2 Å². The molecule has 0 bridgehead atoms. The Hall–Kier alpha value is -1.24. The summed E-state index contributed by atoms with van der Waals surface area (Å²) in [6, 6.07) is 0. The summed E-state index contributed by atoms with van der Waals surface area (Å²) in [6.07, 6.45) is 3.92. The minimum absolute atomic E-state index is 0.00565. The van der Waals surface area contributed by atoms with Crippen molar-refractivity contribution in [2.75, 3.05) is 19.3 Å². The van der Waals surface area contributed by atoms with Gasteiger partial charge in [-0.1, -0.05) is 25.6 Å². The normalized spacial score (nSPS) is 12.8. The van der Waals surface area contributed by atoms with Crippen LogP contribution < -0.4 is 10.6 Å². The second-order valence-electron chi connectivity index (χ2n) is 7.35. The molecule has 0 aliphatic carbocycles. The molecular weight excluding hydrogens is 320 g/mol. The molecule has 0 spiro atoms. The van der Waals surface area contributed by atoms with Gasteiger partial charge in [-0.3, -0.25) is 4.99 Å². The van der Waals surface area contributed by atoms with Gasteiger partial charge >= 0.3 is 0 Å². The second kappa shape index (κ2) is 9.91. The zero-order valence-corrected chi connectivity index (χ0v) is 17.1. The molecule has 0 unspecified atom stereocenters. The molecule has 24 heavy (non-hydrogen) atoms. The lowest BCUT2D eigenvalue weighted by Crippen LogP contribution is -2.47. The average molecular weight is 355 g/mol. The summed E-state index contributed by atoms with van der Waals surface area (Å²) in [7, 11) is 0. The number of thioether (sulfide) groups is 1. The molecule has 138 valence electrons. The summed E-state index contributed by atoms with van der Waals surface area (Å²) in [6.45, 7) is 15.5. The first-order valence-corrected chi connectivity index (χ1v) is 10.0. The average Bonchev–Trinajstić information content (AvgIpc) is 2.83. The third kappa shape index (κ3) is 7.55. The third-order valence-electron chi connectivity index (χ3n) is 3.19. The van der Waals surface area contributed by atoms with Crippen molar-refractivity contribution in [2.24, 2.45) is 10.9 Å². The molecule has 7 heteroatoms. The predicted octanol–water partition coefficient (Wildman–Crippen LogP) is 2.94. The maximum absolute atomic E-state index is 4.66. The van der Waals surface area contributed by atoms with Crippen LogP contribution in [0.1, 0.15) is 53.8 Å². The van der Waals surface area contributed by atoms with Crippen LogP contribution in [-0.2, 0) is 13.0 Å². The first-order valence-electron chi connectivity index (χ1n) is 8.79. The lowest BCUT2D eigenvalue weighted by atomic mass is 10.1. The first-order chi connectivity index (χ1) is 11.3. The highest BCUT2D eigenvalue weighted by Gasteiger charge is 2.13. The highest BCUT2D eigenvalue weighted by molar-refractivity contribution is 7.98. The predicted molar refractivity (Wildman–Crippen MR) is 104 cm³/mol. The Morgan fingerprint density at radius 2 is 2.00 bits per heavy atom. The van der Waals surface area contributed by atoms with Crippen molar-refractivity contribution in [1.29, 1.82) is 0 Å². The van der Waals surface area contributed by atoms with E-state index < -0.39 is 0 Å². The van der Waals surface area contributed by atoms with Crippen LogP contribution in [0.5, 0.6) is 0 Å². The van der Waals surface area contributed by atoms with Gasteiger partial charge in [-0.05, 0) is 46.3 Å². The van der Waals surface area contributed by atoms with Crippen molar-refractivity contribution in [1.82, 2.24) is 25.4 Å². The minimum Gasteiger partial charge on any atom is -0.357 e. The molecule has 0 saturated carbocycles. The smallest absolute Gasteiger partial charge is 0.191 e. The van der Waals surface area contributed by atoms with Crippen LogP contribution in [-0.4, -0.2) is 45.6 Å². The molecule has 1 aromatic rings. The molecular formula is C17H34N6S. The molecule has 0 fully saturated rings. The maximum atomic E-state index is 4.66. The number of hydrogen-bond acceptors (Lipinski definition) is 4. The van der Waals surface area contributed by atoms with E-state index in [1.54, 1.807) is 11.8 Å². The van der Waals surface area contributed by atoms with Gasteiger partial charge < -0.3 is 15.2 Å². The number of nitrogens with one attached hydrogen (secondary N) is 2. The summed E-state index contributed by atoms with van der Waals surface area (Å²) < 4.78 is 2.25. The van der Waals surface area contributed by atoms with Gasteiger partial charge in [0, 0.05) is 31.6 Å². The van der Waals surface area contributed by atoms with Gasteiger partial charge in [0.2, 0.25) is 0 Å². The molecule has 2 N–H and O–H groups in total. The summed E-state index contributed by atoms with van der Waals surface area (Å²) in [5, 5.41) is 16.4. The van der Waals surface area contributed by atoms with Gasteiger partial charge in [0.1, 0.15) is 5.82 Å². The Labute approximate surface area is 151 Å². The number of aliphatic imine (C=N–C) groups is 1. The number of rotatable bonds is 8. The highest BCUT2D eigenvalue weighted by Crippen LogP contribution is 2.16. The standard InChI is InChI=1S/C17H34N6S/c1-8-18-15(20-17(4,5)6)19-11-9-10-14-21-22-16(24-7)23(14)12-13(2)3/h13H,8-12H2,1-7H3,(H2,18,19,20). The molecule has 0 aliphatic rings. The van der Waals surface area contributed by atoms with Crippen LogP contribution in [0.4, 0.5) is 0 Å². The van der Waals surface area contributed by atoms with E-state index in [4.69, 9.17) is 0 Å². The van der Waals surface area contributed by atoms with Gasteiger partial charge in [0.15, 0.2) is 11.1 Å². The van der Waals surface area contributed by atoms with Crippen LogP contribution in [0.15, 0.2) is 10.1 Å². The van der Waals surface area contributed by atoms with Gasteiger partial charge in [-0.15, -0.1) is 10.2 Å². The quantitative estimate of drug-likeness (QED) is 0.325. The van der Waals surface area contributed by atoms with Crippen molar-refractivity contribution in [3.63, 3.8) is 0 Å². The molecule has 1 rings (SSSR count). The van der Waals surface area contributed by atoms with Crippen LogP contribution in [0.3, 0.4) is 0 Å². The first kappa shape index (κ1) is 20.8. The summed E-state index contributed by atoms with van der Waals surface area (Å²) >= 11 is 1.66. The molecule has 1 aromatic heterocycles. The van der Waals surface area contributed by atoms with Gasteiger partial charge in [0.25, 0.3) is 0 Å². The maximum Gasteiger partial charge on any atom is 0.191 e. The Morgan fingerprint density at radius 1 is 1.29 bits per heavy atom. The molecule has 0 radical (unpaired) electrons. The topological polar surface area (TPSA) is 67.1 Å². The molecule has 0 atom stereocenters. The van der Waals surface area contributed by atoms with Crippen molar-refractivity contribution in [3.05, 3.63) is 5.82 Å².